The van der Waals surface area contributed by atoms with Crippen LogP contribution < -0.4 is 4.74 Å². The van der Waals surface area contributed by atoms with Gasteiger partial charge in [0.25, 0.3) is 0 Å². The lowest BCUT2D eigenvalue weighted by atomic mass is 10.2. The lowest BCUT2D eigenvalue weighted by Gasteiger charge is -2.05. The number of methoxy groups -OCH3 is 1. The van der Waals surface area contributed by atoms with E-state index in [1.54, 1.807) is 36.4 Å². The Labute approximate surface area is 141 Å². The molecule has 1 heterocycles. The van der Waals surface area contributed by atoms with E-state index in [0.29, 0.717) is 38.3 Å². The van der Waals surface area contributed by atoms with E-state index in [1.165, 1.54) is 7.11 Å². The highest BCUT2D eigenvalue weighted by Gasteiger charge is 2.12. The summed E-state index contributed by atoms with van der Waals surface area (Å²) in [5, 5.41) is 0.932. The molecule has 1 aromatic heterocycles. The summed E-state index contributed by atoms with van der Waals surface area (Å²) in [4.78, 5) is 15.8. The maximum atomic E-state index is 11.5. The van der Waals surface area contributed by atoms with Crippen LogP contribution in [0.1, 0.15) is 16.2 Å². The van der Waals surface area contributed by atoms with Gasteiger partial charge in [-0.05, 0) is 36.4 Å². The molecule has 5 nitrogen and oxygen atoms in total. The fourth-order valence-corrected chi connectivity index (χ4v) is 2.48. The molecular formula is C16H11Cl2NO4. The largest absolute Gasteiger partial charge is 0.482 e. The fourth-order valence-electron chi connectivity index (χ4n) is 2.01. The van der Waals surface area contributed by atoms with E-state index in [-0.39, 0.29) is 6.61 Å². The molecule has 0 aliphatic heterocycles. The average Bonchev–Trinajstić information content (AvgIpc) is 2.95. The Bertz CT molecular complexity index is 876. The van der Waals surface area contributed by atoms with Gasteiger partial charge in [-0.2, -0.15) is 0 Å². The zero-order chi connectivity index (χ0) is 16.4. The Morgan fingerprint density at radius 2 is 2.04 bits per heavy atom. The van der Waals surface area contributed by atoms with Gasteiger partial charge in [-0.3, -0.25) is 0 Å². The van der Waals surface area contributed by atoms with Crippen LogP contribution in [-0.2, 0) is 11.3 Å². The zero-order valence-corrected chi connectivity index (χ0v) is 13.5. The maximum absolute atomic E-state index is 11.5. The molecule has 23 heavy (non-hydrogen) atoms. The van der Waals surface area contributed by atoms with Crippen LogP contribution in [0, 0.1) is 0 Å². The van der Waals surface area contributed by atoms with Crippen molar-refractivity contribution in [3.05, 3.63) is 57.9 Å². The van der Waals surface area contributed by atoms with E-state index in [1.807, 2.05) is 0 Å². The Hall–Kier alpha value is -2.24. The molecule has 0 amide bonds. The highest BCUT2D eigenvalue weighted by molar-refractivity contribution is 6.35. The number of halogens is 2. The van der Waals surface area contributed by atoms with Crippen molar-refractivity contribution in [1.29, 1.82) is 0 Å². The second-order valence-corrected chi connectivity index (χ2v) is 5.49. The summed E-state index contributed by atoms with van der Waals surface area (Å²) < 4.78 is 15.8. The van der Waals surface area contributed by atoms with Crippen LogP contribution in [0.15, 0.2) is 40.8 Å². The summed E-state index contributed by atoms with van der Waals surface area (Å²) in [6.45, 7) is 0.101. The molecule has 0 aliphatic rings. The normalized spacial score (nSPS) is 10.7. The molecule has 3 rings (SSSR count). The van der Waals surface area contributed by atoms with Crippen LogP contribution >= 0.6 is 23.2 Å². The van der Waals surface area contributed by atoms with Gasteiger partial charge in [0.1, 0.15) is 11.3 Å². The number of oxazole rings is 1. The molecule has 0 bridgehead atoms. The van der Waals surface area contributed by atoms with E-state index in [4.69, 9.17) is 32.4 Å². The molecule has 0 radical (unpaired) electrons. The number of carbonyl (C=O) groups is 1. The van der Waals surface area contributed by atoms with Gasteiger partial charge in [-0.25, -0.2) is 9.78 Å². The number of carbonyl (C=O) groups excluding carboxylic acids is 1. The van der Waals surface area contributed by atoms with Crippen molar-refractivity contribution in [2.75, 3.05) is 7.11 Å². The second kappa shape index (κ2) is 6.48. The molecular weight excluding hydrogens is 341 g/mol. The van der Waals surface area contributed by atoms with Crippen molar-refractivity contribution in [3.8, 4) is 5.75 Å². The van der Waals surface area contributed by atoms with Crippen molar-refractivity contribution in [2.24, 2.45) is 0 Å². The third-order valence-electron chi connectivity index (χ3n) is 3.10. The van der Waals surface area contributed by atoms with Crippen LogP contribution in [0.5, 0.6) is 5.75 Å². The summed E-state index contributed by atoms with van der Waals surface area (Å²) >= 11 is 11.9. The number of hydrogen-bond donors (Lipinski definition) is 0. The summed E-state index contributed by atoms with van der Waals surface area (Å²) in [7, 11) is 1.32. The molecule has 2 aromatic carbocycles. The number of aromatic nitrogens is 1. The molecule has 0 N–H and O–H groups in total. The number of esters is 1. The number of rotatable bonds is 4. The first-order valence-electron chi connectivity index (χ1n) is 6.62. The molecule has 0 aliphatic carbocycles. The van der Waals surface area contributed by atoms with Crippen molar-refractivity contribution in [1.82, 2.24) is 4.98 Å². The molecule has 3 aromatic rings. The van der Waals surface area contributed by atoms with Crippen LogP contribution in [-0.4, -0.2) is 18.1 Å². The predicted molar refractivity (Wildman–Crippen MR) is 86.1 cm³/mol. The molecule has 0 saturated heterocycles. The second-order valence-electron chi connectivity index (χ2n) is 4.65. The van der Waals surface area contributed by atoms with Crippen LogP contribution in [0.2, 0.25) is 10.0 Å². The fraction of sp³-hybridized carbons (Fsp3) is 0.125. The number of fused-ring (bicyclic) bond motifs is 1. The van der Waals surface area contributed by atoms with Crippen LogP contribution in [0.3, 0.4) is 0 Å². The van der Waals surface area contributed by atoms with E-state index < -0.39 is 5.97 Å². The lowest BCUT2D eigenvalue weighted by molar-refractivity contribution is 0.0601. The van der Waals surface area contributed by atoms with Gasteiger partial charge in [0.15, 0.2) is 12.2 Å². The predicted octanol–water partition coefficient (Wildman–Crippen LogP) is 4.50. The maximum Gasteiger partial charge on any atom is 0.337 e. The van der Waals surface area contributed by atoms with Gasteiger partial charge in [0, 0.05) is 5.02 Å². The SMILES string of the molecule is COC(=O)c1ccc2oc(COc3ccc(Cl)cc3Cl)nc2c1. The van der Waals surface area contributed by atoms with Crippen molar-refractivity contribution < 1.29 is 18.7 Å². The van der Waals surface area contributed by atoms with Crippen LogP contribution in [0.25, 0.3) is 11.1 Å². The van der Waals surface area contributed by atoms with Gasteiger partial charge in [-0.1, -0.05) is 23.2 Å². The zero-order valence-electron chi connectivity index (χ0n) is 12.0. The summed E-state index contributed by atoms with van der Waals surface area (Å²) in [5.74, 6) is 0.419. The quantitative estimate of drug-likeness (QED) is 0.647. The first-order chi connectivity index (χ1) is 11.1. The topological polar surface area (TPSA) is 61.6 Å². The highest BCUT2D eigenvalue weighted by atomic mass is 35.5. The van der Waals surface area contributed by atoms with E-state index in [0.717, 1.165) is 0 Å². The monoisotopic (exact) mass is 351 g/mol. The molecule has 118 valence electrons. The average molecular weight is 352 g/mol. The van der Waals surface area contributed by atoms with Crippen molar-refractivity contribution in [2.45, 2.75) is 6.61 Å². The first-order valence-corrected chi connectivity index (χ1v) is 7.38. The van der Waals surface area contributed by atoms with Gasteiger partial charge >= 0.3 is 5.97 Å². The number of benzene rings is 2. The van der Waals surface area contributed by atoms with Gasteiger partial charge in [-0.15, -0.1) is 0 Å². The highest BCUT2D eigenvalue weighted by Crippen LogP contribution is 2.28. The van der Waals surface area contributed by atoms with Crippen molar-refractivity contribution in [3.63, 3.8) is 0 Å². The number of ether oxygens (including phenoxy) is 2. The molecule has 7 heteroatoms. The van der Waals surface area contributed by atoms with Gasteiger partial charge in [0.05, 0.1) is 17.7 Å². The molecule has 0 atom stereocenters. The van der Waals surface area contributed by atoms with Gasteiger partial charge < -0.3 is 13.9 Å². The van der Waals surface area contributed by atoms with E-state index in [9.17, 15) is 4.79 Å². The summed E-state index contributed by atoms with van der Waals surface area (Å²) in [6.07, 6.45) is 0. The summed E-state index contributed by atoms with van der Waals surface area (Å²) in [6, 6.07) is 9.81. The van der Waals surface area contributed by atoms with E-state index >= 15 is 0 Å². The Balaban J connectivity index is 1.79. The Morgan fingerprint density at radius 1 is 1.22 bits per heavy atom. The standard InChI is InChI=1S/C16H11Cl2NO4/c1-21-16(20)9-2-4-14-12(6-9)19-15(23-14)8-22-13-5-3-10(17)7-11(13)18/h2-7H,8H2,1H3. The molecule has 0 unspecified atom stereocenters. The summed E-state index contributed by atoms with van der Waals surface area (Å²) in [5.41, 5.74) is 1.51. The Morgan fingerprint density at radius 3 is 2.78 bits per heavy atom. The third-order valence-corrected chi connectivity index (χ3v) is 3.63. The minimum atomic E-state index is -0.430. The molecule has 0 saturated carbocycles. The minimum Gasteiger partial charge on any atom is -0.482 e. The first kappa shape index (κ1) is 15.6. The number of nitrogens with zero attached hydrogens (tertiary/aromatic N) is 1. The van der Waals surface area contributed by atoms with E-state index in [2.05, 4.69) is 9.72 Å². The number of hydrogen-bond acceptors (Lipinski definition) is 5. The Kier molecular flexibility index (Phi) is 4.41. The van der Waals surface area contributed by atoms with Crippen LogP contribution in [0.4, 0.5) is 0 Å². The molecule has 0 fully saturated rings. The minimum absolute atomic E-state index is 0.101. The molecule has 0 spiro atoms. The van der Waals surface area contributed by atoms with Gasteiger partial charge in [0.2, 0.25) is 5.89 Å². The smallest absolute Gasteiger partial charge is 0.337 e. The van der Waals surface area contributed by atoms with Crippen molar-refractivity contribution >= 4 is 40.3 Å². The third kappa shape index (κ3) is 3.41. The lowest BCUT2D eigenvalue weighted by Crippen LogP contribution is -2.00.